The molecule has 1 heterocycles. The second-order valence-corrected chi connectivity index (χ2v) is 4.95. The molecule has 1 aliphatic rings. The van der Waals surface area contributed by atoms with E-state index in [1.807, 2.05) is 0 Å². The van der Waals surface area contributed by atoms with Gasteiger partial charge in [-0.25, -0.2) is 12.8 Å². The van der Waals surface area contributed by atoms with Crippen molar-refractivity contribution in [3.8, 4) is 0 Å². The van der Waals surface area contributed by atoms with Crippen LogP contribution in [0, 0.1) is 0 Å². The summed E-state index contributed by atoms with van der Waals surface area (Å²) in [7, 11) is -3.00. The molecule has 0 spiro atoms. The van der Waals surface area contributed by atoms with Crippen molar-refractivity contribution in [3.05, 3.63) is 0 Å². The molecule has 1 aliphatic heterocycles. The first-order valence-corrected chi connectivity index (χ1v) is 4.81. The van der Waals surface area contributed by atoms with Crippen molar-refractivity contribution in [3.63, 3.8) is 0 Å². The third-order valence-electron chi connectivity index (χ3n) is 1.77. The van der Waals surface area contributed by atoms with Crippen molar-refractivity contribution in [2.45, 2.75) is 18.6 Å². The van der Waals surface area contributed by atoms with Gasteiger partial charge < -0.3 is 5.73 Å². The predicted octanol–water partition coefficient (Wildman–Crippen LogP) is -0.530. The van der Waals surface area contributed by atoms with E-state index in [1.165, 1.54) is 6.92 Å². The Morgan fingerprint density at radius 3 is 2.10 bits per heavy atom. The van der Waals surface area contributed by atoms with Gasteiger partial charge in [-0.3, -0.25) is 0 Å². The third-order valence-corrected chi connectivity index (χ3v) is 3.72. The van der Waals surface area contributed by atoms with E-state index in [9.17, 15) is 12.8 Å². The molecule has 2 N–H and O–H groups in total. The summed E-state index contributed by atoms with van der Waals surface area (Å²) in [6, 6.07) is 0. The average molecular weight is 167 g/mol. The molecule has 0 amide bonds. The van der Waals surface area contributed by atoms with Crippen LogP contribution in [0.3, 0.4) is 0 Å². The van der Waals surface area contributed by atoms with Crippen molar-refractivity contribution < 1.29 is 12.8 Å². The van der Waals surface area contributed by atoms with Gasteiger partial charge in [0.15, 0.2) is 9.84 Å². The number of alkyl halides is 1. The van der Waals surface area contributed by atoms with E-state index < -0.39 is 21.5 Å². The zero-order chi connectivity index (χ0) is 7.99. The fourth-order valence-corrected chi connectivity index (χ4v) is 3.02. The first-order valence-electron chi connectivity index (χ1n) is 2.99. The van der Waals surface area contributed by atoms with Crippen LogP contribution in [0.25, 0.3) is 0 Å². The Bertz CT molecular complexity index is 222. The topological polar surface area (TPSA) is 60.2 Å². The van der Waals surface area contributed by atoms with Gasteiger partial charge in [0.25, 0.3) is 0 Å². The van der Waals surface area contributed by atoms with Crippen LogP contribution in [0.1, 0.15) is 6.92 Å². The van der Waals surface area contributed by atoms with Crippen molar-refractivity contribution in [2.24, 2.45) is 5.73 Å². The smallest absolute Gasteiger partial charge is 0.154 e. The molecule has 3 nitrogen and oxygen atoms in total. The minimum atomic E-state index is -3.00. The number of hydrogen-bond acceptors (Lipinski definition) is 3. The number of hydrogen-bond donors (Lipinski definition) is 1. The van der Waals surface area contributed by atoms with Gasteiger partial charge in [-0.15, -0.1) is 0 Å². The molecule has 1 unspecified atom stereocenters. The Balaban J connectivity index is 2.67. The van der Waals surface area contributed by atoms with Crippen LogP contribution >= 0.6 is 0 Å². The van der Waals surface area contributed by atoms with Gasteiger partial charge in [-0.05, 0) is 6.92 Å². The number of nitrogens with two attached hydrogens (primary N) is 1. The molecule has 0 saturated carbocycles. The largest absolute Gasteiger partial charge is 0.321 e. The van der Waals surface area contributed by atoms with Crippen molar-refractivity contribution >= 4 is 9.84 Å². The van der Waals surface area contributed by atoms with Gasteiger partial charge in [0.1, 0.15) is 6.17 Å². The standard InChI is InChI=1S/C5H10FNO2S/c1-4(6)5(7)2-10(8,9)3-5/h4H,2-3,7H2,1H3. The molecule has 0 aromatic carbocycles. The van der Waals surface area contributed by atoms with Gasteiger partial charge in [-0.2, -0.15) is 0 Å². The highest BCUT2D eigenvalue weighted by atomic mass is 32.2. The molecule has 0 aromatic rings. The normalized spacial score (nSPS) is 30.7. The first kappa shape index (κ1) is 7.94. The van der Waals surface area contributed by atoms with Crippen LogP contribution in [0.5, 0.6) is 0 Å². The molecule has 0 bridgehead atoms. The molecule has 0 aliphatic carbocycles. The second-order valence-electron chi connectivity index (χ2n) is 2.88. The van der Waals surface area contributed by atoms with Crippen molar-refractivity contribution in [1.29, 1.82) is 0 Å². The second kappa shape index (κ2) is 1.92. The Kier molecular flexibility index (Phi) is 1.52. The zero-order valence-electron chi connectivity index (χ0n) is 5.67. The van der Waals surface area contributed by atoms with Gasteiger partial charge in [0, 0.05) is 0 Å². The Hall–Kier alpha value is -0.160. The molecule has 1 saturated heterocycles. The maximum absolute atomic E-state index is 12.5. The van der Waals surface area contributed by atoms with Crippen LogP contribution in [-0.2, 0) is 9.84 Å². The van der Waals surface area contributed by atoms with E-state index in [4.69, 9.17) is 5.73 Å². The fourth-order valence-electron chi connectivity index (χ4n) is 1.01. The summed E-state index contributed by atoms with van der Waals surface area (Å²) in [5, 5.41) is 0. The van der Waals surface area contributed by atoms with Crippen LogP contribution in [0.4, 0.5) is 4.39 Å². The summed E-state index contributed by atoms with van der Waals surface area (Å²) in [6.07, 6.45) is -1.24. The fraction of sp³-hybridized carbons (Fsp3) is 1.00. The van der Waals surface area contributed by atoms with E-state index >= 15 is 0 Å². The SMILES string of the molecule is CC(F)C1(N)CS(=O)(=O)C1. The quantitative estimate of drug-likeness (QED) is 0.571. The van der Waals surface area contributed by atoms with Gasteiger partial charge in [0.2, 0.25) is 0 Å². The van der Waals surface area contributed by atoms with Crippen molar-refractivity contribution in [1.82, 2.24) is 0 Å². The van der Waals surface area contributed by atoms with E-state index in [2.05, 4.69) is 0 Å². The summed E-state index contributed by atoms with van der Waals surface area (Å²) in [6.45, 7) is 1.29. The van der Waals surface area contributed by atoms with Gasteiger partial charge in [0.05, 0.1) is 17.0 Å². The molecule has 0 radical (unpaired) electrons. The lowest BCUT2D eigenvalue weighted by molar-refractivity contribution is 0.229. The average Bonchev–Trinajstić information content (AvgIpc) is 1.59. The van der Waals surface area contributed by atoms with E-state index in [0.29, 0.717) is 0 Å². The minimum absolute atomic E-state index is 0.211. The number of halogens is 1. The maximum Gasteiger partial charge on any atom is 0.154 e. The molecule has 1 rings (SSSR count). The third kappa shape index (κ3) is 1.15. The number of rotatable bonds is 1. The lowest BCUT2D eigenvalue weighted by Gasteiger charge is -2.38. The van der Waals surface area contributed by atoms with Gasteiger partial charge in [-0.1, -0.05) is 0 Å². The molecule has 5 heteroatoms. The van der Waals surface area contributed by atoms with Gasteiger partial charge >= 0.3 is 0 Å². The van der Waals surface area contributed by atoms with Crippen LogP contribution in [0.2, 0.25) is 0 Å². The minimum Gasteiger partial charge on any atom is -0.321 e. The number of sulfone groups is 1. The summed E-state index contributed by atoms with van der Waals surface area (Å²) in [5.41, 5.74) is 4.27. The van der Waals surface area contributed by atoms with E-state index in [0.717, 1.165) is 0 Å². The molecule has 1 atom stereocenters. The maximum atomic E-state index is 12.5. The monoisotopic (exact) mass is 167 g/mol. The van der Waals surface area contributed by atoms with E-state index in [-0.39, 0.29) is 11.5 Å². The Morgan fingerprint density at radius 2 is 2.00 bits per heavy atom. The Labute approximate surface area is 59.3 Å². The van der Waals surface area contributed by atoms with Crippen molar-refractivity contribution in [2.75, 3.05) is 11.5 Å². The highest BCUT2D eigenvalue weighted by Gasteiger charge is 2.49. The van der Waals surface area contributed by atoms with Crippen LogP contribution in [0.15, 0.2) is 0 Å². The zero-order valence-corrected chi connectivity index (χ0v) is 6.49. The molecule has 10 heavy (non-hydrogen) atoms. The highest BCUT2D eigenvalue weighted by Crippen LogP contribution is 2.25. The molecule has 1 fully saturated rings. The van der Waals surface area contributed by atoms with Crippen LogP contribution < -0.4 is 5.73 Å². The molecular formula is C5H10FNO2S. The lowest BCUT2D eigenvalue weighted by Crippen LogP contribution is -2.66. The summed E-state index contributed by atoms with van der Waals surface area (Å²) in [5.74, 6) is -0.421. The molecular weight excluding hydrogens is 157 g/mol. The lowest BCUT2D eigenvalue weighted by atomic mass is 10.0. The highest BCUT2D eigenvalue weighted by molar-refractivity contribution is 7.93. The molecule has 60 valence electrons. The Morgan fingerprint density at radius 1 is 1.60 bits per heavy atom. The van der Waals surface area contributed by atoms with Crippen LogP contribution in [-0.4, -0.2) is 31.6 Å². The predicted molar refractivity (Wildman–Crippen MR) is 36.1 cm³/mol. The van der Waals surface area contributed by atoms with E-state index in [1.54, 1.807) is 0 Å². The summed E-state index contributed by atoms with van der Waals surface area (Å²) in [4.78, 5) is 0. The first-order chi connectivity index (χ1) is 4.36. The summed E-state index contributed by atoms with van der Waals surface area (Å²) >= 11 is 0. The molecule has 0 aromatic heterocycles. The summed E-state index contributed by atoms with van der Waals surface area (Å²) < 4.78 is 33.6.